The zero-order chi connectivity index (χ0) is 14.7. The van der Waals surface area contributed by atoms with Crippen molar-refractivity contribution in [2.24, 2.45) is 5.92 Å². The second-order valence-electron chi connectivity index (χ2n) is 7.76. The van der Waals surface area contributed by atoms with Crippen LogP contribution in [-0.4, -0.2) is 59.3 Å². The van der Waals surface area contributed by atoms with E-state index in [1.54, 1.807) is 0 Å². The minimum absolute atomic E-state index is 0.0635. The molecule has 122 valence electrons. The lowest BCUT2D eigenvalue weighted by Gasteiger charge is -2.44. The van der Waals surface area contributed by atoms with E-state index < -0.39 is 0 Å². The van der Waals surface area contributed by atoms with Crippen LogP contribution in [0.3, 0.4) is 0 Å². The highest BCUT2D eigenvalue weighted by molar-refractivity contribution is 4.88. The predicted molar refractivity (Wildman–Crippen MR) is 87.4 cm³/mol. The first kappa shape index (κ1) is 15.8. The Morgan fingerprint density at radius 1 is 0.905 bits per heavy atom. The number of nitrogens with zero attached hydrogens (tertiary/aromatic N) is 2. The molecule has 1 N–H and O–H groups in total. The van der Waals surface area contributed by atoms with Crippen LogP contribution in [0.2, 0.25) is 0 Å². The highest BCUT2D eigenvalue weighted by atomic mass is 16.3. The zero-order valence-electron chi connectivity index (χ0n) is 13.8. The van der Waals surface area contributed by atoms with Gasteiger partial charge in [-0.05, 0) is 64.5 Å². The summed E-state index contributed by atoms with van der Waals surface area (Å²) in [7, 11) is 0. The van der Waals surface area contributed by atoms with Crippen molar-refractivity contribution in [2.75, 3.05) is 26.2 Å². The fourth-order valence-electron chi connectivity index (χ4n) is 4.83. The average molecular weight is 294 g/mol. The Balaban J connectivity index is 1.52. The third-order valence-corrected chi connectivity index (χ3v) is 6.15. The van der Waals surface area contributed by atoms with Crippen LogP contribution in [0.4, 0.5) is 0 Å². The quantitative estimate of drug-likeness (QED) is 0.867. The van der Waals surface area contributed by atoms with Crippen molar-refractivity contribution in [1.82, 2.24) is 9.80 Å². The van der Waals surface area contributed by atoms with Crippen molar-refractivity contribution in [1.29, 1.82) is 0 Å². The highest BCUT2D eigenvalue weighted by Crippen LogP contribution is 2.29. The molecular weight excluding hydrogens is 260 g/mol. The van der Waals surface area contributed by atoms with Gasteiger partial charge < -0.3 is 10.0 Å². The van der Waals surface area contributed by atoms with E-state index in [2.05, 4.69) is 16.7 Å². The first-order chi connectivity index (χ1) is 10.2. The summed E-state index contributed by atoms with van der Waals surface area (Å²) in [6, 6.07) is 1.25. The Morgan fingerprint density at radius 3 is 2.52 bits per heavy atom. The van der Waals surface area contributed by atoms with Gasteiger partial charge in [0.05, 0.1) is 6.10 Å². The second kappa shape index (κ2) is 7.43. The van der Waals surface area contributed by atoms with Crippen LogP contribution in [0.15, 0.2) is 0 Å². The first-order valence-corrected chi connectivity index (χ1v) is 9.40. The molecule has 4 unspecified atom stereocenters. The summed E-state index contributed by atoms with van der Waals surface area (Å²) < 4.78 is 0. The minimum atomic E-state index is -0.0635. The van der Waals surface area contributed by atoms with E-state index in [9.17, 15) is 5.11 Å². The smallest absolute Gasteiger partial charge is 0.0695 e. The summed E-state index contributed by atoms with van der Waals surface area (Å²) in [4.78, 5) is 5.36. The maximum atomic E-state index is 10.3. The van der Waals surface area contributed by atoms with Crippen LogP contribution in [0.25, 0.3) is 0 Å². The Kier molecular flexibility index (Phi) is 5.58. The molecular formula is C18H34N2O. The van der Waals surface area contributed by atoms with Gasteiger partial charge in [0, 0.05) is 25.2 Å². The molecule has 3 aliphatic rings. The van der Waals surface area contributed by atoms with Gasteiger partial charge in [-0.15, -0.1) is 0 Å². The lowest BCUT2D eigenvalue weighted by molar-refractivity contribution is -0.00673. The fourth-order valence-corrected chi connectivity index (χ4v) is 4.83. The summed E-state index contributed by atoms with van der Waals surface area (Å²) in [6.45, 7) is 7.45. The van der Waals surface area contributed by atoms with Crippen molar-refractivity contribution in [3.8, 4) is 0 Å². The van der Waals surface area contributed by atoms with E-state index in [0.717, 1.165) is 18.4 Å². The number of likely N-dealkylation sites (tertiary alicyclic amines) is 2. The SMILES string of the molecule is CC1CCCCN1CC1CCCN(C2CCCCC2O)C1. The molecule has 3 fully saturated rings. The molecule has 0 aromatic rings. The fraction of sp³-hybridized carbons (Fsp3) is 1.00. The molecule has 0 aromatic heterocycles. The molecule has 21 heavy (non-hydrogen) atoms. The summed E-state index contributed by atoms with van der Waals surface area (Å²) in [5.74, 6) is 0.827. The van der Waals surface area contributed by atoms with Crippen LogP contribution in [0, 0.1) is 5.92 Å². The molecule has 3 rings (SSSR count). The Labute approximate surface area is 130 Å². The van der Waals surface area contributed by atoms with Gasteiger partial charge in [0.25, 0.3) is 0 Å². The van der Waals surface area contributed by atoms with Gasteiger partial charge >= 0.3 is 0 Å². The van der Waals surface area contributed by atoms with E-state index >= 15 is 0 Å². The molecule has 0 aromatic carbocycles. The topological polar surface area (TPSA) is 26.7 Å². The Morgan fingerprint density at radius 2 is 1.71 bits per heavy atom. The molecule has 0 bridgehead atoms. The van der Waals surface area contributed by atoms with Gasteiger partial charge in [-0.25, -0.2) is 0 Å². The van der Waals surface area contributed by atoms with Crippen molar-refractivity contribution >= 4 is 0 Å². The molecule has 0 radical (unpaired) electrons. The first-order valence-electron chi connectivity index (χ1n) is 9.40. The number of piperidine rings is 2. The van der Waals surface area contributed by atoms with E-state index in [1.165, 1.54) is 77.5 Å². The van der Waals surface area contributed by atoms with Crippen molar-refractivity contribution < 1.29 is 5.11 Å². The maximum Gasteiger partial charge on any atom is 0.0695 e. The molecule has 3 heteroatoms. The predicted octanol–water partition coefficient (Wildman–Crippen LogP) is 2.88. The average Bonchev–Trinajstić information content (AvgIpc) is 2.50. The summed E-state index contributed by atoms with van der Waals surface area (Å²) in [5, 5.41) is 10.3. The number of hydrogen-bond acceptors (Lipinski definition) is 3. The Hall–Kier alpha value is -0.120. The normalized spacial score (nSPS) is 40.3. The summed E-state index contributed by atoms with van der Waals surface area (Å²) in [6.07, 6.45) is 11.6. The van der Waals surface area contributed by atoms with Crippen LogP contribution in [0.1, 0.15) is 64.7 Å². The van der Waals surface area contributed by atoms with Crippen molar-refractivity contribution in [3.63, 3.8) is 0 Å². The monoisotopic (exact) mass is 294 g/mol. The highest BCUT2D eigenvalue weighted by Gasteiger charge is 2.33. The number of rotatable bonds is 3. The zero-order valence-corrected chi connectivity index (χ0v) is 13.8. The molecule has 2 aliphatic heterocycles. The van der Waals surface area contributed by atoms with Crippen LogP contribution >= 0.6 is 0 Å². The second-order valence-corrected chi connectivity index (χ2v) is 7.76. The standard InChI is InChI=1S/C18H34N2O/c1-15-7-4-5-11-19(15)13-16-8-6-12-20(14-16)17-9-2-3-10-18(17)21/h15-18,21H,2-14H2,1H3. The lowest BCUT2D eigenvalue weighted by atomic mass is 9.88. The van der Waals surface area contributed by atoms with Crippen molar-refractivity contribution in [3.05, 3.63) is 0 Å². The molecule has 4 atom stereocenters. The van der Waals surface area contributed by atoms with E-state index in [4.69, 9.17) is 0 Å². The molecule has 1 aliphatic carbocycles. The number of aliphatic hydroxyl groups is 1. The largest absolute Gasteiger partial charge is 0.391 e. The number of aliphatic hydroxyl groups excluding tert-OH is 1. The van der Waals surface area contributed by atoms with Crippen LogP contribution in [0.5, 0.6) is 0 Å². The third-order valence-electron chi connectivity index (χ3n) is 6.15. The minimum Gasteiger partial charge on any atom is -0.391 e. The van der Waals surface area contributed by atoms with Crippen LogP contribution < -0.4 is 0 Å². The number of hydrogen-bond donors (Lipinski definition) is 1. The summed E-state index contributed by atoms with van der Waals surface area (Å²) in [5.41, 5.74) is 0. The molecule has 2 saturated heterocycles. The van der Waals surface area contributed by atoms with E-state index in [0.29, 0.717) is 6.04 Å². The van der Waals surface area contributed by atoms with E-state index in [-0.39, 0.29) is 6.10 Å². The molecule has 3 nitrogen and oxygen atoms in total. The lowest BCUT2D eigenvalue weighted by Crippen LogP contribution is -2.52. The van der Waals surface area contributed by atoms with Gasteiger partial charge in [-0.3, -0.25) is 4.90 Å². The molecule has 1 saturated carbocycles. The van der Waals surface area contributed by atoms with Gasteiger partial charge in [-0.2, -0.15) is 0 Å². The molecule has 0 amide bonds. The summed E-state index contributed by atoms with van der Waals surface area (Å²) >= 11 is 0. The van der Waals surface area contributed by atoms with Gasteiger partial charge in [0.1, 0.15) is 0 Å². The van der Waals surface area contributed by atoms with Gasteiger partial charge in [-0.1, -0.05) is 19.3 Å². The maximum absolute atomic E-state index is 10.3. The van der Waals surface area contributed by atoms with Gasteiger partial charge in [0.2, 0.25) is 0 Å². The van der Waals surface area contributed by atoms with Crippen molar-refractivity contribution in [2.45, 2.75) is 82.9 Å². The van der Waals surface area contributed by atoms with Crippen LogP contribution in [-0.2, 0) is 0 Å². The molecule has 2 heterocycles. The third kappa shape index (κ3) is 4.00. The van der Waals surface area contributed by atoms with Gasteiger partial charge in [0.15, 0.2) is 0 Å². The van der Waals surface area contributed by atoms with E-state index in [1.807, 2.05) is 0 Å². The molecule has 0 spiro atoms. The Bertz CT molecular complexity index is 322.